The molecular weight excluding hydrogens is 284 g/mol. The van der Waals surface area contributed by atoms with E-state index in [4.69, 9.17) is 16.6 Å². The van der Waals surface area contributed by atoms with Crippen molar-refractivity contribution in [3.8, 4) is 0 Å². The Morgan fingerprint density at radius 1 is 1.19 bits per heavy atom. The third kappa shape index (κ3) is 2.25. The summed E-state index contributed by atoms with van der Waals surface area (Å²) in [5.74, 6) is 1.75. The highest BCUT2D eigenvalue weighted by molar-refractivity contribution is 6.17. The highest BCUT2D eigenvalue weighted by atomic mass is 35.5. The second kappa shape index (κ2) is 5.58. The van der Waals surface area contributed by atoms with Gasteiger partial charge in [-0.15, -0.1) is 11.6 Å². The van der Waals surface area contributed by atoms with Crippen LogP contribution in [0.25, 0.3) is 11.0 Å². The van der Waals surface area contributed by atoms with E-state index < -0.39 is 0 Å². The molecule has 2 atom stereocenters. The van der Waals surface area contributed by atoms with Crippen molar-refractivity contribution in [2.75, 3.05) is 19.0 Å². The topological polar surface area (TPSA) is 34.0 Å². The predicted octanol–water partition coefficient (Wildman–Crippen LogP) is 3.01. The van der Waals surface area contributed by atoms with E-state index in [0.717, 1.165) is 17.8 Å². The number of aryl methyl sites for hydroxylation is 1. The number of pyridine rings is 1. The number of hydrogen-bond donors (Lipinski definition) is 0. The summed E-state index contributed by atoms with van der Waals surface area (Å²) in [6, 6.07) is 3.33. The molecule has 0 aromatic carbocycles. The summed E-state index contributed by atoms with van der Waals surface area (Å²) in [6.45, 7) is 2.49. The minimum Gasteiger partial charge on any atom is -0.323 e. The van der Waals surface area contributed by atoms with Crippen LogP contribution in [-0.4, -0.2) is 44.4 Å². The summed E-state index contributed by atoms with van der Waals surface area (Å²) >= 11 is 6.00. The van der Waals surface area contributed by atoms with Crippen LogP contribution in [-0.2, 0) is 6.42 Å². The Hall–Kier alpha value is -1.13. The van der Waals surface area contributed by atoms with E-state index in [1.807, 2.05) is 12.4 Å². The van der Waals surface area contributed by atoms with Crippen LogP contribution in [0.15, 0.2) is 18.5 Å². The van der Waals surface area contributed by atoms with Crippen molar-refractivity contribution in [1.82, 2.24) is 19.4 Å². The van der Waals surface area contributed by atoms with Crippen LogP contribution in [0.5, 0.6) is 0 Å². The van der Waals surface area contributed by atoms with E-state index in [-0.39, 0.29) is 0 Å². The number of aromatic nitrogens is 3. The van der Waals surface area contributed by atoms with Crippen LogP contribution in [0, 0.1) is 0 Å². The fraction of sp³-hybridized carbons (Fsp3) is 0.625. The third-order valence-electron chi connectivity index (χ3n) is 5.04. The Balaban J connectivity index is 1.79. The molecule has 2 aromatic heterocycles. The van der Waals surface area contributed by atoms with Crippen LogP contribution in [0.4, 0.5) is 0 Å². The Morgan fingerprint density at radius 2 is 2.14 bits per heavy atom. The van der Waals surface area contributed by atoms with Crippen molar-refractivity contribution in [3.63, 3.8) is 0 Å². The van der Waals surface area contributed by atoms with Crippen LogP contribution >= 0.6 is 11.6 Å². The van der Waals surface area contributed by atoms with E-state index in [2.05, 4.69) is 20.5 Å². The zero-order valence-corrected chi connectivity index (χ0v) is 13.0. The first-order valence-electron chi connectivity index (χ1n) is 7.99. The van der Waals surface area contributed by atoms with Gasteiger partial charge in [0.05, 0.1) is 17.8 Å². The average Bonchev–Trinajstić information content (AvgIpc) is 3.08. The number of nitrogens with zero attached hydrogens (tertiary/aromatic N) is 4. The van der Waals surface area contributed by atoms with Gasteiger partial charge < -0.3 is 4.57 Å². The lowest BCUT2D eigenvalue weighted by Crippen LogP contribution is -2.38. The van der Waals surface area contributed by atoms with Gasteiger partial charge in [0.25, 0.3) is 0 Å². The first kappa shape index (κ1) is 13.5. The van der Waals surface area contributed by atoms with Crippen molar-refractivity contribution in [1.29, 1.82) is 0 Å². The molecule has 21 heavy (non-hydrogen) atoms. The van der Waals surface area contributed by atoms with Gasteiger partial charge in [0.2, 0.25) is 0 Å². The van der Waals surface area contributed by atoms with Crippen LogP contribution in [0.1, 0.15) is 37.5 Å². The minimum absolute atomic E-state index is 0.552. The van der Waals surface area contributed by atoms with Gasteiger partial charge in [0.15, 0.2) is 0 Å². The van der Waals surface area contributed by atoms with Gasteiger partial charge in [-0.25, -0.2) is 4.98 Å². The monoisotopic (exact) mass is 304 g/mol. The molecule has 5 heteroatoms. The zero-order valence-electron chi connectivity index (χ0n) is 12.2. The number of piperidine rings is 1. The lowest BCUT2D eigenvalue weighted by atomic mass is 9.98. The van der Waals surface area contributed by atoms with Crippen molar-refractivity contribution in [3.05, 3.63) is 24.3 Å². The molecule has 0 N–H and O–H groups in total. The first-order valence-corrected chi connectivity index (χ1v) is 8.53. The standard InChI is InChI=1S/C16H21ClN4/c17-7-4-16-19-12-11-18-8-5-13(12)21(16)15-6-10-20-9-2-1-3-14(15)20/h5,8,11,14-15H,1-4,6-7,9-10H2. The molecule has 2 aliphatic rings. The molecule has 0 amide bonds. The van der Waals surface area contributed by atoms with E-state index in [9.17, 15) is 0 Å². The number of fused-ring (bicyclic) bond motifs is 2. The molecule has 0 aliphatic carbocycles. The van der Waals surface area contributed by atoms with E-state index in [1.54, 1.807) is 0 Å². The Morgan fingerprint density at radius 3 is 3.05 bits per heavy atom. The summed E-state index contributed by atoms with van der Waals surface area (Å²) < 4.78 is 2.47. The molecule has 2 aliphatic heterocycles. The molecule has 2 unspecified atom stereocenters. The van der Waals surface area contributed by atoms with Crippen molar-refractivity contribution < 1.29 is 0 Å². The number of imidazole rings is 1. The Labute approximate surface area is 130 Å². The highest BCUT2D eigenvalue weighted by Crippen LogP contribution is 2.37. The molecule has 2 saturated heterocycles. The average molecular weight is 305 g/mol. The van der Waals surface area contributed by atoms with Crippen molar-refractivity contribution in [2.45, 2.75) is 44.2 Å². The first-order chi connectivity index (χ1) is 10.4. The normalized spacial score (nSPS) is 26.3. The smallest absolute Gasteiger partial charge is 0.111 e. The molecule has 112 valence electrons. The van der Waals surface area contributed by atoms with E-state index in [0.29, 0.717) is 18.0 Å². The van der Waals surface area contributed by atoms with Gasteiger partial charge in [-0.05, 0) is 31.9 Å². The maximum Gasteiger partial charge on any atom is 0.111 e. The second-order valence-corrected chi connectivity index (χ2v) is 6.53. The minimum atomic E-state index is 0.552. The van der Waals surface area contributed by atoms with Crippen LogP contribution in [0.2, 0.25) is 0 Å². The second-order valence-electron chi connectivity index (χ2n) is 6.16. The summed E-state index contributed by atoms with van der Waals surface area (Å²) in [5.41, 5.74) is 2.23. The van der Waals surface area contributed by atoms with Gasteiger partial charge >= 0.3 is 0 Å². The van der Waals surface area contributed by atoms with Gasteiger partial charge in [-0.1, -0.05) is 6.42 Å². The van der Waals surface area contributed by atoms with E-state index in [1.165, 1.54) is 44.3 Å². The maximum atomic E-state index is 6.00. The van der Waals surface area contributed by atoms with Crippen LogP contribution < -0.4 is 0 Å². The van der Waals surface area contributed by atoms with Crippen molar-refractivity contribution in [2.24, 2.45) is 0 Å². The number of alkyl halides is 1. The zero-order chi connectivity index (χ0) is 14.2. The van der Waals surface area contributed by atoms with Crippen molar-refractivity contribution >= 4 is 22.6 Å². The van der Waals surface area contributed by atoms with Gasteiger partial charge in [-0.2, -0.15) is 0 Å². The largest absolute Gasteiger partial charge is 0.323 e. The lowest BCUT2D eigenvalue weighted by Gasteiger charge is -2.33. The number of rotatable bonds is 3. The van der Waals surface area contributed by atoms with Gasteiger partial charge in [0, 0.05) is 31.1 Å². The highest BCUT2D eigenvalue weighted by Gasteiger charge is 2.37. The quantitative estimate of drug-likeness (QED) is 0.818. The van der Waals surface area contributed by atoms with Crippen LogP contribution in [0.3, 0.4) is 0 Å². The molecule has 0 radical (unpaired) electrons. The summed E-state index contributed by atoms with van der Waals surface area (Å²) in [6.07, 6.45) is 9.84. The number of hydrogen-bond acceptors (Lipinski definition) is 3. The summed E-state index contributed by atoms with van der Waals surface area (Å²) in [5, 5.41) is 0. The molecule has 4 heterocycles. The Bertz CT molecular complexity index is 638. The predicted molar refractivity (Wildman–Crippen MR) is 84.8 cm³/mol. The molecule has 4 nitrogen and oxygen atoms in total. The maximum absolute atomic E-state index is 6.00. The number of halogens is 1. The van der Waals surface area contributed by atoms with Gasteiger partial charge in [-0.3, -0.25) is 9.88 Å². The third-order valence-corrected chi connectivity index (χ3v) is 5.22. The summed E-state index contributed by atoms with van der Waals surface area (Å²) in [7, 11) is 0. The molecule has 2 aromatic rings. The summed E-state index contributed by atoms with van der Waals surface area (Å²) in [4.78, 5) is 11.7. The molecule has 0 saturated carbocycles. The molecular formula is C16H21ClN4. The SMILES string of the molecule is ClCCc1nc2cnccc2n1C1CCN2CCCCC12. The fourth-order valence-corrected chi connectivity index (χ4v) is 4.32. The lowest BCUT2D eigenvalue weighted by molar-refractivity contribution is 0.173. The molecule has 0 spiro atoms. The Kier molecular flexibility index (Phi) is 3.59. The molecule has 0 bridgehead atoms. The fourth-order valence-electron chi connectivity index (χ4n) is 4.15. The molecule has 4 rings (SSSR count). The van der Waals surface area contributed by atoms with E-state index >= 15 is 0 Å². The van der Waals surface area contributed by atoms with Gasteiger partial charge in [0.1, 0.15) is 11.3 Å². The molecule has 2 fully saturated rings.